The summed E-state index contributed by atoms with van der Waals surface area (Å²) in [6.07, 6.45) is 4.21. The number of nitrogens with zero attached hydrogens (tertiary/aromatic N) is 5. The average molecular weight is 465 g/mol. The molecule has 178 valence electrons. The van der Waals surface area contributed by atoms with Crippen molar-refractivity contribution in [1.82, 2.24) is 25.1 Å². The van der Waals surface area contributed by atoms with E-state index in [4.69, 9.17) is 15.5 Å². The first kappa shape index (κ1) is 22.0. The first-order chi connectivity index (χ1) is 16.4. The van der Waals surface area contributed by atoms with Gasteiger partial charge < -0.3 is 31.1 Å². The molecule has 1 saturated heterocycles. The van der Waals surface area contributed by atoms with Crippen LogP contribution in [0.5, 0.6) is 0 Å². The van der Waals surface area contributed by atoms with Crippen molar-refractivity contribution in [2.45, 2.75) is 26.0 Å². The number of anilines is 3. The Morgan fingerprint density at radius 2 is 2.15 bits per heavy atom. The topological polar surface area (TPSA) is 143 Å². The van der Waals surface area contributed by atoms with Gasteiger partial charge >= 0.3 is 0 Å². The number of ether oxygens (including phenoxy) is 1. The van der Waals surface area contributed by atoms with Gasteiger partial charge in [0.1, 0.15) is 17.8 Å². The summed E-state index contributed by atoms with van der Waals surface area (Å²) in [5, 5.41) is 21.0. The number of aliphatic hydroxyl groups excluding tert-OH is 1. The fraction of sp³-hybridized carbons (Fsp3) is 0.391. The second-order valence-corrected chi connectivity index (χ2v) is 8.71. The van der Waals surface area contributed by atoms with Gasteiger partial charge in [-0.1, -0.05) is 0 Å². The van der Waals surface area contributed by atoms with E-state index >= 15 is 0 Å². The van der Waals surface area contributed by atoms with Gasteiger partial charge in [0.25, 0.3) is 5.91 Å². The van der Waals surface area contributed by atoms with E-state index in [1.165, 1.54) is 6.26 Å². The van der Waals surface area contributed by atoms with Gasteiger partial charge in [0.2, 0.25) is 0 Å². The Bertz CT molecular complexity index is 1260. The zero-order valence-electron chi connectivity index (χ0n) is 19.2. The maximum atomic E-state index is 13.2. The predicted octanol–water partition coefficient (Wildman–Crippen LogP) is 1.56. The summed E-state index contributed by atoms with van der Waals surface area (Å²) in [5.41, 5.74) is 9.03. The smallest absolute Gasteiger partial charge is 0.275 e. The van der Waals surface area contributed by atoms with Crippen molar-refractivity contribution < 1.29 is 14.6 Å². The lowest BCUT2D eigenvalue weighted by molar-refractivity contribution is -0.113. The van der Waals surface area contributed by atoms with Crippen LogP contribution >= 0.6 is 0 Å². The fourth-order valence-corrected chi connectivity index (χ4v) is 4.44. The number of aromatic nitrogens is 4. The lowest BCUT2D eigenvalue weighted by Gasteiger charge is -2.33. The third kappa shape index (κ3) is 4.10. The van der Waals surface area contributed by atoms with Gasteiger partial charge in [-0.15, -0.1) is 0 Å². The molecule has 3 aromatic heterocycles. The van der Waals surface area contributed by atoms with Gasteiger partial charge in [0.15, 0.2) is 17.7 Å². The summed E-state index contributed by atoms with van der Waals surface area (Å²) < 4.78 is 7.40. The number of pyridine rings is 2. The number of rotatable bonds is 5. The van der Waals surface area contributed by atoms with E-state index in [1.54, 1.807) is 23.0 Å². The van der Waals surface area contributed by atoms with Crippen molar-refractivity contribution in [1.29, 1.82) is 0 Å². The number of nitrogens with one attached hydrogen (secondary N) is 2. The summed E-state index contributed by atoms with van der Waals surface area (Å²) in [6.45, 7) is 3.61. The fourth-order valence-electron chi connectivity index (χ4n) is 4.44. The predicted molar refractivity (Wildman–Crippen MR) is 128 cm³/mol. The van der Waals surface area contributed by atoms with Gasteiger partial charge in [0, 0.05) is 43.9 Å². The van der Waals surface area contributed by atoms with Crippen molar-refractivity contribution >= 4 is 34.3 Å². The minimum atomic E-state index is -0.524. The molecule has 0 aliphatic carbocycles. The van der Waals surface area contributed by atoms with Crippen LogP contribution in [0.25, 0.3) is 11.0 Å². The van der Waals surface area contributed by atoms with Crippen LogP contribution in [-0.2, 0) is 16.6 Å². The molecule has 11 heteroatoms. The minimum Gasteiger partial charge on any atom is -0.472 e. The molecule has 0 spiro atoms. The molecule has 2 aliphatic heterocycles. The van der Waals surface area contributed by atoms with E-state index in [0.717, 1.165) is 48.2 Å². The summed E-state index contributed by atoms with van der Waals surface area (Å²) in [5.74, 6) is 1.03. The molecule has 1 unspecified atom stereocenters. The molecule has 3 aromatic rings. The molecular formula is C23H28N8O3. The van der Waals surface area contributed by atoms with E-state index in [1.807, 2.05) is 20.0 Å². The lowest BCUT2D eigenvalue weighted by Crippen LogP contribution is -2.36. The highest BCUT2D eigenvalue weighted by molar-refractivity contribution is 6.06. The van der Waals surface area contributed by atoms with Crippen LogP contribution in [0.15, 0.2) is 36.4 Å². The Morgan fingerprint density at radius 3 is 2.88 bits per heavy atom. The van der Waals surface area contributed by atoms with Gasteiger partial charge in [0.05, 0.1) is 11.4 Å². The lowest BCUT2D eigenvalue weighted by atomic mass is 9.98. The van der Waals surface area contributed by atoms with Crippen molar-refractivity contribution in [3.05, 3.63) is 47.6 Å². The second kappa shape index (κ2) is 8.82. The third-order valence-electron chi connectivity index (χ3n) is 6.36. The zero-order chi connectivity index (χ0) is 23.8. The molecule has 11 nitrogen and oxygen atoms in total. The highest BCUT2D eigenvalue weighted by Crippen LogP contribution is 2.33. The standard InChI is InChI=1S/C23H28N8O3/c1-13-16-10-17(21(28-20(16)30(2)29-13)31-7-4-14(11-32)5-8-31)26-22(33)18-12-34-23(27-18)15-3-6-25-19(24)9-15/h3,6,9-10,12,14,23,27,32H,4-5,7-8,11H2,1-2H3,(H2,24,25)(H,26,33). The van der Waals surface area contributed by atoms with Gasteiger partial charge in [-0.05, 0) is 43.9 Å². The molecule has 0 bridgehead atoms. The Labute approximate surface area is 196 Å². The molecule has 0 radical (unpaired) electrons. The van der Waals surface area contributed by atoms with Crippen molar-refractivity contribution in [3.8, 4) is 0 Å². The van der Waals surface area contributed by atoms with Crippen LogP contribution in [0.1, 0.15) is 30.3 Å². The highest BCUT2D eigenvalue weighted by Gasteiger charge is 2.27. The van der Waals surface area contributed by atoms with Crippen molar-refractivity contribution in [3.63, 3.8) is 0 Å². The van der Waals surface area contributed by atoms with Crippen molar-refractivity contribution in [2.75, 3.05) is 35.6 Å². The Kier molecular flexibility index (Phi) is 5.70. The number of aliphatic hydroxyl groups is 1. The van der Waals surface area contributed by atoms with E-state index in [0.29, 0.717) is 28.9 Å². The van der Waals surface area contributed by atoms with Crippen molar-refractivity contribution in [2.24, 2.45) is 13.0 Å². The normalized spacial score (nSPS) is 18.5. The number of hydrogen-bond acceptors (Lipinski definition) is 9. The summed E-state index contributed by atoms with van der Waals surface area (Å²) in [4.78, 5) is 24.2. The Morgan fingerprint density at radius 1 is 1.35 bits per heavy atom. The number of nitrogens with two attached hydrogens (primary N) is 1. The third-order valence-corrected chi connectivity index (χ3v) is 6.36. The molecule has 5 heterocycles. The molecule has 0 saturated carbocycles. The molecule has 1 amide bonds. The monoisotopic (exact) mass is 464 g/mol. The van der Waals surface area contributed by atoms with Gasteiger partial charge in [-0.2, -0.15) is 5.10 Å². The number of amides is 1. The van der Waals surface area contributed by atoms with Crippen LogP contribution in [-0.4, -0.2) is 50.5 Å². The molecule has 5 rings (SSSR count). The minimum absolute atomic E-state index is 0.189. The number of carbonyl (C=O) groups excluding carboxylic acids is 1. The van der Waals surface area contributed by atoms with Crippen LogP contribution in [0.4, 0.5) is 17.3 Å². The number of nitrogen functional groups attached to an aromatic ring is 1. The molecule has 5 N–H and O–H groups in total. The molecule has 2 aliphatic rings. The number of fused-ring (bicyclic) bond motifs is 1. The van der Waals surface area contributed by atoms with Crippen LogP contribution < -0.4 is 21.3 Å². The quantitative estimate of drug-likeness (QED) is 0.442. The number of aryl methyl sites for hydroxylation is 2. The van der Waals surface area contributed by atoms with E-state index in [9.17, 15) is 9.90 Å². The first-order valence-corrected chi connectivity index (χ1v) is 11.3. The molecule has 0 aromatic carbocycles. The highest BCUT2D eigenvalue weighted by atomic mass is 16.5. The van der Waals surface area contributed by atoms with Crippen LogP contribution in [0.2, 0.25) is 0 Å². The zero-order valence-corrected chi connectivity index (χ0v) is 19.2. The molecular weight excluding hydrogens is 436 g/mol. The largest absolute Gasteiger partial charge is 0.472 e. The molecule has 1 fully saturated rings. The second-order valence-electron chi connectivity index (χ2n) is 8.71. The van der Waals surface area contributed by atoms with Gasteiger partial charge in [-0.25, -0.2) is 9.97 Å². The van der Waals surface area contributed by atoms with E-state index < -0.39 is 6.23 Å². The SMILES string of the molecule is Cc1nn(C)c2nc(N3CCC(CO)CC3)c(NC(=O)C3=COC(c4ccnc(N)c4)N3)cc12. The molecule has 34 heavy (non-hydrogen) atoms. The van der Waals surface area contributed by atoms with Gasteiger partial charge in [-0.3, -0.25) is 9.48 Å². The van der Waals surface area contributed by atoms with E-state index in [-0.39, 0.29) is 12.5 Å². The Balaban J connectivity index is 1.40. The summed E-state index contributed by atoms with van der Waals surface area (Å²) >= 11 is 0. The van der Waals surface area contributed by atoms with Crippen LogP contribution in [0, 0.1) is 12.8 Å². The van der Waals surface area contributed by atoms with E-state index in [2.05, 4.69) is 25.6 Å². The van der Waals surface area contributed by atoms with Crippen LogP contribution in [0.3, 0.4) is 0 Å². The average Bonchev–Trinajstić information content (AvgIpc) is 3.44. The maximum absolute atomic E-state index is 13.2. The summed E-state index contributed by atoms with van der Waals surface area (Å²) in [6, 6.07) is 5.40. The molecule has 1 atom stereocenters. The number of piperidine rings is 1. The summed E-state index contributed by atoms with van der Waals surface area (Å²) in [7, 11) is 1.86. The first-order valence-electron chi connectivity index (χ1n) is 11.3. The Hall–Kier alpha value is -3.86. The number of carbonyl (C=O) groups is 1. The maximum Gasteiger partial charge on any atom is 0.275 e. The number of hydrogen-bond donors (Lipinski definition) is 4.